The van der Waals surface area contributed by atoms with Crippen molar-refractivity contribution < 1.29 is 9.13 Å². The van der Waals surface area contributed by atoms with Gasteiger partial charge in [0.1, 0.15) is 17.0 Å². The molecule has 3 aliphatic rings. The molecule has 0 bridgehead atoms. The molecule has 5 rings (SSSR count). The average Bonchev–Trinajstić information content (AvgIpc) is 3.12. The number of piperidine rings is 1. The number of aromatic nitrogens is 2. The second-order valence-electron chi connectivity index (χ2n) is 8.32. The Hall–Kier alpha value is -1.86. The molecule has 28 heavy (non-hydrogen) atoms. The minimum absolute atomic E-state index is 0. The molecule has 152 valence electrons. The van der Waals surface area contributed by atoms with Crippen molar-refractivity contribution in [3.63, 3.8) is 0 Å². The van der Waals surface area contributed by atoms with E-state index in [1.807, 2.05) is 0 Å². The van der Waals surface area contributed by atoms with Crippen molar-refractivity contribution in [2.75, 3.05) is 31.1 Å². The van der Waals surface area contributed by atoms with Crippen molar-refractivity contribution in [3.05, 3.63) is 28.3 Å². The van der Waals surface area contributed by atoms with Crippen LogP contribution in [0.4, 0.5) is 10.3 Å². The fourth-order valence-corrected chi connectivity index (χ4v) is 4.79. The number of hydrogen-bond acceptors (Lipinski definition) is 5. The van der Waals surface area contributed by atoms with E-state index in [4.69, 9.17) is 4.74 Å². The van der Waals surface area contributed by atoms with E-state index >= 15 is 0 Å². The van der Waals surface area contributed by atoms with Gasteiger partial charge in [0.25, 0.3) is 5.56 Å². The first-order valence-corrected chi connectivity index (χ1v) is 9.98. The van der Waals surface area contributed by atoms with E-state index in [-0.39, 0.29) is 23.9 Å². The molecule has 3 fully saturated rings. The Morgan fingerprint density at radius 3 is 2.61 bits per heavy atom. The molecular weight excluding hydrogens is 383 g/mol. The summed E-state index contributed by atoms with van der Waals surface area (Å²) >= 11 is 0. The van der Waals surface area contributed by atoms with Crippen molar-refractivity contribution in [3.8, 4) is 5.75 Å². The number of fused-ring (bicyclic) bond motifs is 1. The van der Waals surface area contributed by atoms with Crippen molar-refractivity contribution in [2.45, 2.75) is 44.6 Å². The molecule has 2 saturated heterocycles. The standard InChI is InChI=1S/C20H25FN4O2.ClH/c21-15-9-14(27-13-3-1-2-4-13)10-16-17(15)18(26)24-19(23-16)25-11-20(12-25)5-7-22-8-6-20;/h9-10,13,22H,1-8,11-12H2,(H,23,24,26);1H. The Bertz CT molecular complexity index is 914. The molecule has 0 amide bonds. The number of anilines is 1. The van der Waals surface area contributed by atoms with E-state index in [1.165, 1.54) is 6.07 Å². The predicted molar refractivity (Wildman–Crippen MR) is 109 cm³/mol. The number of rotatable bonds is 3. The largest absolute Gasteiger partial charge is 0.490 e. The van der Waals surface area contributed by atoms with Crippen LogP contribution in [0.2, 0.25) is 0 Å². The number of aromatic amines is 1. The van der Waals surface area contributed by atoms with Crippen molar-refractivity contribution in [2.24, 2.45) is 5.41 Å². The van der Waals surface area contributed by atoms with E-state index in [0.29, 0.717) is 22.6 Å². The van der Waals surface area contributed by atoms with Gasteiger partial charge in [0.05, 0.1) is 11.6 Å². The molecule has 1 aromatic carbocycles. The highest BCUT2D eigenvalue weighted by Crippen LogP contribution is 2.40. The average molecular weight is 409 g/mol. The number of benzene rings is 1. The molecule has 1 saturated carbocycles. The lowest BCUT2D eigenvalue weighted by molar-refractivity contribution is 0.148. The Balaban J connectivity index is 0.00000192. The second kappa shape index (κ2) is 7.52. The molecule has 8 heteroatoms. The Labute approximate surface area is 169 Å². The van der Waals surface area contributed by atoms with Crippen LogP contribution in [0.1, 0.15) is 38.5 Å². The molecule has 2 aromatic rings. The van der Waals surface area contributed by atoms with Crippen LogP contribution in [0, 0.1) is 11.2 Å². The maximum atomic E-state index is 14.5. The Morgan fingerprint density at radius 1 is 1.18 bits per heavy atom. The van der Waals surface area contributed by atoms with Crippen molar-refractivity contribution in [1.82, 2.24) is 15.3 Å². The summed E-state index contributed by atoms with van der Waals surface area (Å²) < 4.78 is 20.5. The second-order valence-corrected chi connectivity index (χ2v) is 8.32. The number of H-pyrrole nitrogens is 1. The zero-order valence-electron chi connectivity index (χ0n) is 15.8. The van der Waals surface area contributed by atoms with Gasteiger partial charge in [0.2, 0.25) is 5.95 Å². The Kier molecular flexibility index (Phi) is 5.22. The lowest BCUT2D eigenvalue weighted by Crippen LogP contribution is -2.60. The first kappa shape index (κ1) is 19.5. The van der Waals surface area contributed by atoms with Crippen molar-refractivity contribution in [1.29, 1.82) is 0 Å². The minimum Gasteiger partial charge on any atom is -0.490 e. The number of halogens is 2. The van der Waals surface area contributed by atoms with Crippen molar-refractivity contribution >= 4 is 29.3 Å². The maximum Gasteiger partial charge on any atom is 0.263 e. The van der Waals surface area contributed by atoms with E-state index in [9.17, 15) is 9.18 Å². The van der Waals surface area contributed by atoms with Crippen LogP contribution >= 0.6 is 12.4 Å². The van der Waals surface area contributed by atoms with Gasteiger partial charge in [0.15, 0.2) is 0 Å². The predicted octanol–water partition coefficient (Wildman–Crippen LogP) is 3.00. The summed E-state index contributed by atoms with van der Waals surface area (Å²) in [6.45, 7) is 3.87. The van der Waals surface area contributed by atoms with Crippen LogP contribution in [-0.2, 0) is 0 Å². The molecule has 0 radical (unpaired) electrons. The van der Waals surface area contributed by atoms with Gasteiger partial charge in [0, 0.05) is 30.6 Å². The van der Waals surface area contributed by atoms with Crippen LogP contribution in [0.5, 0.6) is 5.75 Å². The zero-order chi connectivity index (χ0) is 18.4. The molecule has 1 aliphatic carbocycles. The highest BCUT2D eigenvalue weighted by atomic mass is 35.5. The van der Waals surface area contributed by atoms with E-state index in [2.05, 4.69) is 20.2 Å². The molecule has 1 spiro atoms. The van der Waals surface area contributed by atoms with Gasteiger partial charge >= 0.3 is 0 Å². The fraction of sp³-hybridized carbons (Fsp3) is 0.600. The smallest absolute Gasteiger partial charge is 0.263 e. The van der Waals surface area contributed by atoms with Crippen LogP contribution in [0.25, 0.3) is 10.9 Å². The summed E-state index contributed by atoms with van der Waals surface area (Å²) in [6.07, 6.45) is 6.73. The van der Waals surface area contributed by atoms with Gasteiger partial charge in [-0.1, -0.05) is 0 Å². The van der Waals surface area contributed by atoms with Gasteiger partial charge in [-0.2, -0.15) is 0 Å². The van der Waals surface area contributed by atoms with Gasteiger partial charge in [-0.15, -0.1) is 12.4 Å². The zero-order valence-corrected chi connectivity index (χ0v) is 16.6. The SMILES string of the molecule is Cl.O=c1[nH]c(N2CC3(CCNCC3)C2)nc2cc(OC3CCCC3)cc(F)c12. The molecule has 6 nitrogen and oxygen atoms in total. The van der Waals surface area contributed by atoms with E-state index in [1.54, 1.807) is 6.07 Å². The summed E-state index contributed by atoms with van der Waals surface area (Å²) in [4.78, 5) is 21.9. The van der Waals surface area contributed by atoms with Crippen LogP contribution in [-0.4, -0.2) is 42.3 Å². The summed E-state index contributed by atoms with van der Waals surface area (Å²) in [5.74, 6) is 0.433. The maximum absolute atomic E-state index is 14.5. The van der Waals surface area contributed by atoms with E-state index < -0.39 is 11.4 Å². The number of ether oxygens (including phenoxy) is 1. The molecule has 2 aliphatic heterocycles. The quantitative estimate of drug-likeness (QED) is 0.817. The normalized spacial score (nSPS) is 21.5. The first-order chi connectivity index (χ1) is 13.1. The highest BCUT2D eigenvalue weighted by Gasteiger charge is 2.44. The van der Waals surface area contributed by atoms with Gasteiger partial charge in [-0.05, 0) is 51.6 Å². The molecule has 0 atom stereocenters. The van der Waals surface area contributed by atoms with Crippen LogP contribution in [0.3, 0.4) is 0 Å². The molecule has 3 heterocycles. The Morgan fingerprint density at radius 2 is 1.89 bits per heavy atom. The number of nitrogens with one attached hydrogen (secondary N) is 2. The van der Waals surface area contributed by atoms with Crippen LogP contribution < -0.4 is 20.5 Å². The molecule has 0 unspecified atom stereocenters. The van der Waals surface area contributed by atoms with Crippen LogP contribution in [0.15, 0.2) is 16.9 Å². The molecule has 2 N–H and O–H groups in total. The minimum atomic E-state index is -0.570. The highest BCUT2D eigenvalue weighted by molar-refractivity contribution is 5.85. The van der Waals surface area contributed by atoms with Gasteiger partial charge in [-0.3, -0.25) is 9.78 Å². The third-order valence-electron chi connectivity index (χ3n) is 6.34. The monoisotopic (exact) mass is 408 g/mol. The molecular formula is C20H26ClFN4O2. The fourth-order valence-electron chi connectivity index (χ4n) is 4.79. The summed E-state index contributed by atoms with van der Waals surface area (Å²) in [5, 5.41) is 3.40. The number of hydrogen-bond donors (Lipinski definition) is 2. The summed E-state index contributed by atoms with van der Waals surface area (Å²) in [6, 6.07) is 3.01. The molecule has 1 aromatic heterocycles. The van der Waals surface area contributed by atoms with Gasteiger partial charge in [-0.25, -0.2) is 9.37 Å². The lowest BCUT2D eigenvalue weighted by Gasteiger charge is -2.52. The van der Waals surface area contributed by atoms with E-state index in [0.717, 1.165) is 64.7 Å². The van der Waals surface area contributed by atoms with Gasteiger partial charge < -0.3 is 15.0 Å². The summed E-state index contributed by atoms with van der Waals surface area (Å²) in [7, 11) is 0. The topological polar surface area (TPSA) is 70.2 Å². The first-order valence-electron chi connectivity index (χ1n) is 9.98. The third kappa shape index (κ3) is 3.46. The third-order valence-corrected chi connectivity index (χ3v) is 6.34. The lowest BCUT2D eigenvalue weighted by atomic mass is 9.72. The number of nitrogens with zero attached hydrogens (tertiary/aromatic N) is 2. The summed E-state index contributed by atoms with van der Waals surface area (Å²) in [5.41, 5.74) is 0.275.